The Morgan fingerprint density at radius 3 is 2.65 bits per heavy atom. The Labute approximate surface area is 245 Å². The highest BCUT2D eigenvalue weighted by Gasteiger charge is 2.27. The van der Waals surface area contributed by atoms with Gasteiger partial charge >= 0.3 is 6.09 Å². The Morgan fingerprint density at radius 2 is 2.05 bits per heavy atom. The third kappa shape index (κ3) is 12.2. The fourth-order valence-corrected chi connectivity index (χ4v) is 4.72. The van der Waals surface area contributed by atoms with E-state index in [1.54, 1.807) is 18.6 Å². The molecule has 0 spiro atoms. The highest BCUT2D eigenvalue weighted by atomic mass is 35.5. The topological polar surface area (TPSA) is 73.4 Å². The minimum Gasteiger partial charge on any atom is -0.444 e. The molecule has 3 rings (SSSR count). The van der Waals surface area contributed by atoms with Crippen LogP contribution in [0.25, 0.3) is 6.08 Å². The first kappa shape index (κ1) is 32.8. The molecule has 1 fully saturated rings. The maximum atomic E-state index is 12.4. The lowest BCUT2D eigenvalue weighted by Crippen LogP contribution is -2.41. The van der Waals surface area contributed by atoms with E-state index < -0.39 is 5.60 Å². The number of aromatic nitrogens is 2. The molecule has 1 saturated heterocycles. The number of imidazole rings is 1. The van der Waals surface area contributed by atoms with Crippen LogP contribution >= 0.6 is 11.6 Å². The number of halogens is 1. The molecule has 2 heterocycles. The molecule has 1 atom stereocenters. The molecule has 1 aromatic heterocycles. The normalized spacial score (nSPS) is 14.8. The maximum absolute atomic E-state index is 12.4. The fraction of sp³-hybridized carbons (Fsp3) is 0.455. The number of carbonyl (C=O) groups excluding carboxylic acids is 1. The molecule has 6 nitrogen and oxygen atoms in total. The van der Waals surface area contributed by atoms with Crippen LogP contribution in [0.3, 0.4) is 0 Å². The van der Waals surface area contributed by atoms with Gasteiger partial charge < -0.3 is 19.9 Å². The van der Waals surface area contributed by atoms with E-state index in [2.05, 4.69) is 35.5 Å². The fourth-order valence-electron chi connectivity index (χ4n) is 4.54. The second kappa shape index (κ2) is 17.3. The first-order valence-corrected chi connectivity index (χ1v) is 14.4. The average Bonchev–Trinajstić information content (AvgIpc) is 3.44. The molecule has 0 aliphatic carbocycles. The Balaban J connectivity index is 0.00000131. The molecule has 7 heteroatoms. The molecular weight excluding hydrogens is 520 g/mol. The molecule has 2 N–H and O–H groups in total. The van der Waals surface area contributed by atoms with Crippen LogP contribution in [0, 0.1) is 17.8 Å². The quantitative estimate of drug-likeness (QED) is 0.262. The smallest absolute Gasteiger partial charge is 0.410 e. The number of nitrogens with zero attached hydrogens (tertiary/aromatic N) is 3. The predicted molar refractivity (Wildman–Crippen MR) is 167 cm³/mol. The molecule has 0 bridgehead atoms. The van der Waals surface area contributed by atoms with Gasteiger partial charge in [-0.05, 0) is 113 Å². The van der Waals surface area contributed by atoms with Crippen molar-refractivity contribution in [2.24, 2.45) is 11.7 Å². The van der Waals surface area contributed by atoms with Gasteiger partial charge in [-0.1, -0.05) is 41.7 Å². The van der Waals surface area contributed by atoms with Gasteiger partial charge in [0.2, 0.25) is 0 Å². The lowest BCUT2D eigenvalue weighted by Gasteiger charge is -2.34. The molecule has 1 aliphatic rings. The summed E-state index contributed by atoms with van der Waals surface area (Å²) in [5.74, 6) is 7.23. The molecule has 216 valence electrons. The third-order valence-electron chi connectivity index (χ3n) is 6.59. The summed E-state index contributed by atoms with van der Waals surface area (Å²) in [7, 11) is 0. The molecular formula is C33H45ClN4O2. The number of ether oxygens (including phenoxy) is 1. The summed E-state index contributed by atoms with van der Waals surface area (Å²) in [4.78, 5) is 18.3. The van der Waals surface area contributed by atoms with Crippen molar-refractivity contribution in [2.45, 2.75) is 77.9 Å². The van der Waals surface area contributed by atoms with Crippen molar-refractivity contribution in [3.05, 3.63) is 84.1 Å². The largest absolute Gasteiger partial charge is 0.444 e. The van der Waals surface area contributed by atoms with Crippen molar-refractivity contribution in [3.63, 3.8) is 0 Å². The average molecular weight is 565 g/mol. The zero-order chi connectivity index (χ0) is 29.4. The first-order chi connectivity index (χ1) is 19.2. The number of piperidine rings is 1. The molecule has 0 saturated carbocycles. The van der Waals surface area contributed by atoms with E-state index >= 15 is 0 Å². The zero-order valence-electron chi connectivity index (χ0n) is 24.5. The van der Waals surface area contributed by atoms with E-state index in [4.69, 9.17) is 22.1 Å². The Hall–Kier alpha value is -3.43. The summed E-state index contributed by atoms with van der Waals surface area (Å²) in [5, 5.41) is 0.719. The number of allylic oxidation sites excluding steroid dienone is 3. The molecule has 2 aromatic rings. The van der Waals surface area contributed by atoms with Gasteiger partial charge in [0, 0.05) is 30.5 Å². The predicted octanol–water partition coefficient (Wildman–Crippen LogP) is 7.82. The summed E-state index contributed by atoms with van der Waals surface area (Å²) in [6.45, 7) is 13.7. The maximum Gasteiger partial charge on any atom is 0.410 e. The van der Waals surface area contributed by atoms with E-state index in [0.29, 0.717) is 18.4 Å². The lowest BCUT2D eigenvalue weighted by molar-refractivity contribution is 0.0180. The van der Waals surface area contributed by atoms with Gasteiger partial charge in [-0.2, -0.15) is 0 Å². The van der Waals surface area contributed by atoms with Crippen LogP contribution in [0.5, 0.6) is 0 Å². The van der Waals surface area contributed by atoms with Crippen LogP contribution in [0.1, 0.15) is 76.8 Å². The molecule has 40 heavy (non-hydrogen) atoms. The molecule has 1 unspecified atom stereocenters. The number of likely N-dealkylation sites (tertiary alicyclic amines) is 1. The summed E-state index contributed by atoms with van der Waals surface area (Å²) in [5.41, 5.74) is 6.77. The van der Waals surface area contributed by atoms with Gasteiger partial charge in [0.25, 0.3) is 0 Å². The summed E-state index contributed by atoms with van der Waals surface area (Å²) < 4.78 is 7.47. The highest BCUT2D eigenvalue weighted by molar-refractivity contribution is 6.30. The van der Waals surface area contributed by atoms with E-state index in [9.17, 15) is 4.79 Å². The van der Waals surface area contributed by atoms with E-state index in [-0.39, 0.29) is 6.09 Å². The van der Waals surface area contributed by atoms with Gasteiger partial charge in [0.15, 0.2) is 0 Å². The second-order valence-corrected chi connectivity index (χ2v) is 11.3. The summed E-state index contributed by atoms with van der Waals surface area (Å²) in [6, 6.07) is 6.12. The number of benzene rings is 1. The van der Waals surface area contributed by atoms with Crippen LogP contribution in [0.4, 0.5) is 4.79 Å². The van der Waals surface area contributed by atoms with Gasteiger partial charge in [0.05, 0.1) is 12.9 Å². The molecule has 1 aliphatic heterocycles. The van der Waals surface area contributed by atoms with Crippen LogP contribution < -0.4 is 5.73 Å². The van der Waals surface area contributed by atoms with E-state index in [1.807, 2.05) is 67.6 Å². The van der Waals surface area contributed by atoms with Crippen LogP contribution in [-0.4, -0.2) is 39.2 Å². The van der Waals surface area contributed by atoms with Gasteiger partial charge in [0.1, 0.15) is 5.60 Å². The van der Waals surface area contributed by atoms with Crippen molar-refractivity contribution in [3.8, 4) is 11.8 Å². The second-order valence-electron chi connectivity index (χ2n) is 10.9. The zero-order valence-corrected chi connectivity index (χ0v) is 25.2. The SMILES string of the molecule is C/C=C\N.C=CCC(CCC1CCN(C(=O)OC(C)(C)C)CC1)c1ccc(Cl)cc1/C=C/C#CCn1ccnc1. The first-order valence-electron chi connectivity index (χ1n) is 14.0. The Morgan fingerprint density at radius 1 is 1.32 bits per heavy atom. The van der Waals surface area contributed by atoms with Crippen LogP contribution in [0.2, 0.25) is 5.02 Å². The highest BCUT2D eigenvalue weighted by Crippen LogP contribution is 2.34. The molecule has 1 amide bonds. The van der Waals surface area contributed by atoms with Gasteiger partial charge in [-0.25, -0.2) is 9.78 Å². The van der Waals surface area contributed by atoms with E-state index in [0.717, 1.165) is 55.8 Å². The standard InChI is InChI=1S/C30H38ClN3O2.C3H7N/c1-5-9-25(12-11-24-15-19-34(20-16-24)29(35)36-30(2,3)4)28-14-13-27(31)22-26(28)10-7-6-8-18-33-21-17-32-23-33;1-2-3-4/h5,7,10,13-14,17,21-25H,1,9,11-12,15-16,18-20H2,2-4H3;2-3H,4H2,1H3/b10-7+;3-2-. The van der Waals surface area contributed by atoms with Crippen molar-refractivity contribution < 1.29 is 9.53 Å². The van der Waals surface area contributed by atoms with Crippen molar-refractivity contribution in [1.82, 2.24) is 14.5 Å². The number of hydrogen-bond donors (Lipinski definition) is 1. The van der Waals surface area contributed by atoms with Crippen LogP contribution in [0.15, 0.2) is 67.9 Å². The summed E-state index contributed by atoms with van der Waals surface area (Å²) >= 11 is 6.34. The number of amides is 1. The number of hydrogen-bond acceptors (Lipinski definition) is 4. The Bertz CT molecular complexity index is 1160. The van der Waals surface area contributed by atoms with E-state index in [1.165, 1.54) is 11.8 Å². The minimum absolute atomic E-state index is 0.198. The van der Waals surface area contributed by atoms with Crippen molar-refractivity contribution in [2.75, 3.05) is 13.1 Å². The molecule has 1 aromatic carbocycles. The minimum atomic E-state index is -0.456. The lowest BCUT2D eigenvalue weighted by atomic mass is 9.83. The Kier molecular flexibility index (Phi) is 14.2. The van der Waals surface area contributed by atoms with Crippen molar-refractivity contribution in [1.29, 1.82) is 0 Å². The summed E-state index contributed by atoms with van der Waals surface area (Å²) in [6.07, 6.45) is 19.6. The van der Waals surface area contributed by atoms with Gasteiger partial charge in [-0.3, -0.25) is 0 Å². The van der Waals surface area contributed by atoms with Crippen LogP contribution in [-0.2, 0) is 11.3 Å². The molecule has 0 radical (unpaired) electrons. The number of carbonyl (C=O) groups is 1. The third-order valence-corrected chi connectivity index (χ3v) is 6.83. The monoisotopic (exact) mass is 564 g/mol. The van der Waals surface area contributed by atoms with Crippen molar-refractivity contribution >= 4 is 23.8 Å². The van der Waals surface area contributed by atoms with Gasteiger partial charge in [-0.15, -0.1) is 6.58 Å². The number of nitrogens with two attached hydrogens (primary N) is 1. The number of rotatable bonds is 8.